The summed E-state index contributed by atoms with van der Waals surface area (Å²) in [6, 6.07) is 5.94. The van der Waals surface area contributed by atoms with Crippen LogP contribution < -0.4 is 10.2 Å². The molecule has 1 fully saturated rings. The van der Waals surface area contributed by atoms with E-state index in [1.807, 2.05) is 4.90 Å². The monoisotopic (exact) mass is 336 g/mol. The van der Waals surface area contributed by atoms with E-state index in [9.17, 15) is 10.1 Å². The van der Waals surface area contributed by atoms with E-state index in [0.29, 0.717) is 37.9 Å². The van der Waals surface area contributed by atoms with Crippen LogP contribution in [0.3, 0.4) is 0 Å². The molecule has 9 nitrogen and oxygen atoms in total. The van der Waals surface area contributed by atoms with Crippen LogP contribution in [0.15, 0.2) is 24.3 Å². The Balaban J connectivity index is 1.79. The lowest BCUT2D eigenvalue weighted by Crippen LogP contribution is -2.37. The van der Waals surface area contributed by atoms with Gasteiger partial charge in [-0.3, -0.25) is 10.1 Å². The van der Waals surface area contributed by atoms with Crippen LogP contribution >= 0.6 is 11.6 Å². The highest BCUT2D eigenvalue weighted by molar-refractivity contribution is 6.28. The Hall–Kier alpha value is -2.52. The van der Waals surface area contributed by atoms with E-state index < -0.39 is 4.92 Å². The van der Waals surface area contributed by atoms with Gasteiger partial charge in [0.25, 0.3) is 5.69 Å². The Morgan fingerprint density at radius 1 is 1.17 bits per heavy atom. The lowest BCUT2D eigenvalue weighted by atomic mass is 10.3. The number of halogens is 1. The minimum atomic E-state index is -0.458. The number of non-ortho nitro benzene ring substituents is 1. The van der Waals surface area contributed by atoms with Gasteiger partial charge in [0.1, 0.15) is 0 Å². The Morgan fingerprint density at radius 3 is 2.52 bits per heavy atom. The van der Waals surface area contributed by atoms with E-state index >= 15 is 0 Å². The van der Waals surface area contributed by atoms with E-state index in [1.54, 1.807) is 12.1 Å². The Morgan fingerprint density at radius 2 is 1.87 bits per heavy atom. The van der Waals surface area contributed by atoms with Crippen LogP contribution in [0.25, 0.3) is 0 Å². The number of rotatable bonds is 4. The van der Waals surface area contributed by atoms with Crippen molar-refractivity contribution in [2.75, 3.05) is 36.5 Å². The number of hydrogen-bond acceptors (Lipinski definition) is 8. The van der Waals surface area contributed by atoms with Crippen molar-refractivity contribution in [2.45, 2.75) is 0 Å². The first-order chi connectivity index (χ1) is 11.1. The fourth-order valence-electron chi connectivity index (χ4n) is 2.10. The predicted molar refractivity (Wildman–Crippen MR) is 84.2 cm³/mol. The van der Waals surface area contributed by atoms with Gasteiger partial charge in [-0.15, -0.1) is 0 Å². The molecule has 1 aromatic carbocycles. The third kappa shape index (κ3) is 3.82. The molecule has 23 heavy (non-hydrogen) atoms. The molecule has 10 heteroatoms. The van der Waals surface area contributed by atoms with Crippen LogP contribution in [0.2, 0.25) is 5.28 Å². The second-order valence-corrected chi connectivity index (χ2v) is 5.09. The molecular weight excluding hydrogens is 324 g/mol. The molecule has 1 aliphatic rings. The van der Waals surface area contributed by atoms with Gasteiger partial charge in [-0.2, -0.15) is 15.0 Å². The minimum Gasteiger partial charge on any atom is -0.378 e. The standard InChI is InChI=1S/C13H13ClN6O3/c14-11-16-12(15-9-1-3-10(4-2-9)20(21)22)18-13(17-11)19-5-7-23-8-6-19/h1-4H,5-8H2,(H,15,16,17,18). The summed E-state index contributed by atoms with van der Waals surface area (Å²) in [5, 5.41) is 13.7. The summed E-state index contributed by atoms with van der Waals surface area (Å²) in [6.45, 7) is 2.57. The average Bonchev–Trinajstić information content (AvgIpc) is 2.55. The van der Waals surface area contributed by atoms with Crippen molar-refractivity contribution in [2.24, 2.45) is 0 Å². The molecule has 1 N–H and O–H groups in total. The summed E-state index contributed by atoms with van der Waals surface area (Å²) < 4.78 is 5.29. The highest BCUT2D eigenvalue weighted by Crippen LogP contribution is 2.20. The lowest BCUT2D eigenvalue weighted by molar-refractivity contribution is -0.384. The molecule has 0 amide bonds. The second-order valence-electron chi connectivity index (χ2n) is 4.76. The molecule has 0 bridgehead atoms. The van der Waals surface area contributed by atoms with Crippen molar-refractivity contribution < 1.29 is 9.66 Å². The predicted octanol–water partition coefficient (Wildman–Crippen LogP) is 2.01. The van der Waals surface area contributed by atoms with Gasteiger partial charge >= 0.3 is 0 Å². The maximum atomic E-state index is 10.7. The molecular formula is C13H13ClN6O3. The normalized spacial score (nSPS) is 14.6. The first-order valence-corrected chi connectivity index (χ1v) is 7.25. The Kier molecular flexibility index (Phi) is 4.49. The van der Waals surface area contributed by atoms with Crippen molar-refractivity contribution in [1.82, 2.24) is 15.0 Å². The Labute approximate surface area is 136 Å². The maximum absolute atomic E-state index is 10.7. The maximum Gasteiger partial charge on any atom is 0.269 e. The first-order valence-electron chi connectivity index (χ1n) is 6.87. The number of aromatic nitrogens is 3. The molecule has 2 heterocycles. The fourth-order valence-corrected chi connectivity index (χ4v) is 2.25. The number of nitrogens with zero attached hydrogens (tertiary/aromatic N) is 5. The number of nitro benzene ring substituents is 1. The molecule has 0 radical (unpaired) electrons. The van der Waals surface area contributed by atoms with Gasteiger partial charge in [-0.1, -0.05) is 0 Å². The van der Waals surface area contributed by atoms with E-state index in [4.69, 9.17) is 16.3 Å². The van der Waals surface area contributed by atoms with Crippen molar-refractivity contribution in [3.8, 4) is 0 Å². The van der Waals surface area contributed by atoms with Gasteiger partial charge < -0.3 is 15.0 Å². The van der Waals surface area contributed by atoms with Gasteiger partial charge in [-0.05, 0) is 23.7 Å². The van der Waals surface area contributed by atoms with E-state index in [1.165, 1.54) is 12.1 Å². The van der Waals surface area contributed by atoms with Crippen LogP contribution in [-0.4, -0.2) is 46.2 Å². The molecule has 3 rings (SSSR count). The topological polar surface area (TPSA) is 106 Å². The summed E-state index contributed by atoms with van der Waals surface area (Å²) in [7, 11) is 0. The molecule has 0 saturated carbocycles. The quantitative estimate of drug-likeness (QED) is 0.667. The number of ether oxygens (including phenoxy) is 1. The summed E-state index contributed by atoms with van der Waals surface area (Å²) in [4.78, 5) is 24.6. The zero-order chi connectivity index (χ0) is 16.2. The lowest BCUT2D eigenvalue weighted by Gasteiger charge is -2.26. The average molecular weight is 337 g/mol. The van der Waals surface area contributed by atoms with Crippen LogP contribution in [0, 0.1) is 10.1 Å². The second kappa shape index (κ2) is 6.71. The van der Waals surface area contributed by atoms with E-state index in [0.717, 1.165) is 0 Å². The smallest absolute Gasteiger partial charge is 0.269 e. The summed E-state index contributed by atoms with van der Waals surface area (Å²) in [5.74, 6) is 0.748. The molecule has 0 spiro atoms. The van der Waals surface area contributed by atoms with Crippen molar-refractivity contribution in [3.63, 3.8) is 0 Å². The summed E-state index contributed by atoms with van der Waals surface area (Å²) in [6.07, 6.45) is 0. The van der Waals surface area contributed by atoms with Gasteiger partial charge in [0.2, 0.25) is 17.2 Å². The number of nitro groups is 1. The molecule has 0 unspecified atom stereocenters. The van der Waals surface area contributed by atoms with Gasteiger partial charge in [0, 0.05) is 30.9 Å². The number of anilines is 3. The third-order valence-electron chi connectivity index (χ3n) is 3.22. The number of nitrogens with one attached hydrogen (secondary N) is 1. The van der Waals surface area contributed by atoms with Crippen LogP contribution in [-0.2, 0) is 4.74 Å². The summed E-state index contributed by atoms with van der Waals surface area (Å²) >= 11 is 5.95. The van der Waals surface area contributed by atoms with E-state index in [-0.39, 0.29) is 16.9 Å². The van der Waals surface area contributed by atoms with Crippen LogP contribution in [0.5, 0.6) is 0 Å². The van der Waals surface area contributed by atoms with Crippen LogP contribution in [0.4, 0.5) is 23.3 Å². The highest BCUT2D eigenvalue weighted by atomic mass is 35.5. The SMILES string of the molecule is O=[N+]([O-])c1ccc(Nc2nc(Cl)nc(N3CCOCC3)n2)cc1. The summed E-state index contributed by atoms with van der Waals surface area (Å²) in [5.41, 5.74) is 0.629. The molecule has 1 aliphatic heterocycles. The zero-order valence-corrected chi connectivity index (χ0v) is 12.7. The van der Waals surface area contributed by atoms with Crippen molar-refractivity contribution >= 4 is 34.9 Å². The van der Waals surface area contributed by atoms with Crippen molar-refractivity contribution in [1.29, 1.82) is 0 Å². The molecule has 120 valence electrons. The van der Waals surface area contributed by atoms with Crippen LogP contribution in [0.1, 0.15) is 0 Å². The first kappa shape index (κ1) is 15.4. The zero-order valence-electron chi connectivity index (χ0n) is 12.0. The number of morpholine rings is 1. The van der Waals surface area contributed by atoms with Crippen molar-refractivity contribution in [3.05, 3.63) is 39.7 Å². The molecule has 0 atom stereocenters. The largest absolute Gasteiger partial charge is 0.378 e. The van der Waals surface area contributed by atoms with E-state index in [2.05, 4.69) is 20.3 Å². The number of benzene rings is 1. The van der Waals surface area contributed by atoms with Gasteiger partial charge in [-0.25, -0.2) is 0 Å². The Bertz CT molecular complexity index is 705. The number of hydrogen-bond donors (Lipinski definition) is 1. The minimum absolute atomic E-state index is 0.0123. The molecule has 1 aromatic heterocycles. The molecule has 2 aromatic rings. The van der Waals surface area contributed by atoms with Gasteiger partial charge in [0.05, 0.1) is 18.1 Å². The highest BCUT2D eigenvalue weighted by Gasteiger charge is 2.16. The van der Waals surface area contributed by atoms with Gasteiger partial charge in [0.15, 0.2) is 0 Å². The molecule has 1 saturated heterocycles. The third-order valence-corrected chi connectivity index (χ3v) is 3.39. The fraction of sp³-hybridized carbons (Fsp3) is 0.308. The molecule has 0 aliphatic carbocycles.